The van der Waals surface area contributed by atoms with Gasteiger partial charge in [0.25, 0.3) is 5.91 Å². The van der Waals surface area contributed by atoms with Gasteiger partial charge in [0.05, 0.1) is 11.6 Å². The van der Waals surface area contributed by atoms with Crippen molar-refractivity contribution in [3.63, 3.8) is 0 Å². The lowest BCUT2D eigenvalue weighted by Crippen LogP contribution is -2.28. The molecule has 4 rings (SSSR count). The lowest BCUT2D eigenvalue weighted by molar-refractivity contribution is 0.0986. The fourth-order valence-corrected chi connectivity index (χ4v) is 3.37. The maximum absolute atomic E-state index is 14.4. The molecule has 0 fully saturated rings. The van der Waals surface area contributed by atoms with Crippen LogP contribution < -0.4 is 4.90 Å². The van der Waals surface area contributed by atoms with Crippen molar-refractivity contribution in [2.75, 3.05) is 4.90 Å². The number of aromatic nitrogens is 4. The first-order chi connectivity index (χ1) is 12.6. The van der Waals surface area contributed by atoms with Gasteiger partial charge in [-0.05, 0) is 36.2 Å². The molecule has 3 heterocycles. The Balaban J connectivity index is 1.81. The van der Waals surface area contributed by atoms with Crippen LogP contribution in [0.25, 0.3) is 11.6 Å². The van der Waals surface area contributed by atoms with E-state index >= 15 is 0 Å². The standard InChI is InChI=1S/C18H13ClFN5O/c1-2-13-11-8-10(19)9-12(20)15(11)18(26)25(13)14-4-7-23-17(24-14)16-21-5-3-6-22-16/h3-9,13H,2H2,1H3/t13-/m0/s1. The van der Waals surface area contributed by atoms with Crippen LogP contribution in [0.1, 0.15) is 35.3 Å². The molecule has 6 nitrogen and oxygen atoms in total. The van der Waals surface area contributed by atoms with Gasteiger partial charge in [0.1, 0.15) is 11.6 Å². The fraction of sp³-hybridized carbons (Fsp3) is 0.167. The topological polar surface area (TPSA) is 71.9 Å². The van der Waals surface area contributed by atoms with Crippen LogP contribution in [0.15, 0.2) is 42.9 Å². The molecule has 1 aromatic carbocycles. The molecule has 0 bridgehead atoms. The summed E-state index contributed by atoms with van der Waals surface area (Å²) in [6, 6.07) is 5.73. The first-order valence-electron chi connectivity index (χ1n) is 8.03. The molecule has 0 N–H and O–H groups in total. The highest BCUT2D eigenvalue weighted by Gasteiger charge is 2.40. The molecule has 1 atom stereocenters. The van der Waals surface area contributed by atoms with Crippen LogP contribution in [-0.4, -0.2) is 25.8 Å². The van der Waals surface area contributed by atoms with E-state index in [-0.39, 0.29) is 16.6 Å². The first-order valence-corrected chi connectivity index (χ1v) is 8.41. The van der Waals surface area contributed by atoms with E-state index in [1.807, 2.05) is 6.92 Å². The number of benzene rings is 1. The number of hydrogen-bond acceptors (Lipinski definition) is 5. The molecule has 1 aliphatic rings. The predicted octanol–water partition coefficient (Wildman–Crippen LogP) is 3.84. The van der Waals surface area contributed by atoms with Gasteiger partial charge in [-0.25, -0.2) is 24.3 Å². The second-order valence-corrected chi connectivity index (χ2v) is 6.20. The lowest BCUT2D eigenvalue weighted by Gasteiger charge is -2.23. The van der Waals surface area contributed by atoms with Gasteiger partial charge in [0.2, 0.25) is 0 Å². The highest BCUT2D eigenvalue weighted by atomic mass is 35.5. The zero-order valence-corrected chi connectivity index (χ0v) is 14.5. The minimum Gasteiger partial charge on any atom is -0.285 e. The maximum Gasteiger partial charge on any atom is 0.263 e. The zero-order valence-electron chi connectivity index (χ0n) is 13.7. The quantitative estimate of drug-likeness (QED) is 0.701. The SMILES string of the molecule is CC[C@H]1c2cc(Cl)cc(F)c2C(=O)N1c1ccnc(-c2ncccn2)n1. The van der Waals surface area contributed by atoms with Crippen molar-refractivity contribution < 1.29 is 9.18 Å². The maximum atomic E-state index is 14.4. The smallest absolute Gasteiger partial charge is 0.263 e. The molecule has 1 amide bonds. The molecule has 0 unspecified atom stereocenters. The van der Waals surface area contributed by atoms with Crippen molar-refractivity contribution in [2.24, 2.45) is 0 Å². The molecule has 0 saturated heterocycles. The summed E-state index contributed by atoms with van der Waals surface area (Å²) in [5.74, 6) is -0.0641. The van der Waals surface area contributed by atoms with Gasteiger partial charge >= 0.3 is 0 Å². The van der Waals surface area contributed by atoms with Crippen LogP contribution in [0, 0.1) is 5.82 Å². The van der Waals surface area contributed by atoms with Crippen LogP contribution in [-0.2, 0) is 0 Å². The van der Waals surface area contributed by atoms with Crippen LogP contribution in [0.3, 0.4) is 0 Å². The average Bonchev–Trinajstić information content (AvgIpc) is 2.94. The predicted molar refractivity (Wildman–Crippen MR) is 94.3 cm³/mol. The Kier molecular flexibility index (Phi) is 4.08. The highest BCUT2D eigenvalue weighted by Crippen LogP contribution is 2.41. The molecule has 0 radical (unpaired) electrons. The van der Waals surface area contributed by atoms with E-state index < -0.39 is 11.7 Å². The van der Waals surface area contributed by atoms with Crippen molar-refractivity contribution in [3.8, 4) is 11.6 Å². The molecule has 130 valence electrons. The van der Waals surface area contributed by atoms with Crippen molar-refractivity contribution in [3.05, 3.63) is 64.8 Å². The summed E-state index contributed by atoms with van der Waals surface area (Å²) in [4.78, 5) is 31.2. The molecule has 0 spiro atoms. The largest absolute Gasteiger partial charge is 0.285 e. The summed E-state index contributed by atoms with van der Waals surface area (Å²) in [6.45, 7) is 1.92. The second-order valence-electron chi connectivity index (χ2n) is 5.76. The van der Waals surface area contributed by atoms with E-state index in [0.717, 1.165) is 6.07 Å². The Morgan fingerprint density at radius 2 is 1.88 bits per heavy atom. The molecule has 0 aliphatic carbocycles. The van der Waals surface area contributed by atoms with Crippen molar-refractivity contribution in [2.45, 2.75) is 19.4 Å². The van der Waals surface area contributed by atoms with Gasteiger partial charge in [-0.2, -0.15) is 0 Å². The van der Waals surface area contributed by atoms with Gasteiger partial charge in [0, 0.05) is 23.6 Å². The Hall–Kier alpha value is -2.93. The first kappa shape index (κ1) is 16.5. The van der Waals surface area contributed by atoms with Crippen LogP contribution in [0.5, 0.6) is 0 Å². The molecule has 2 aromatic heterocycles. The highest BCUT2D eigenvalue weighted by molar-refractivity contribution is 6.31. The van der Waals surface area contributed by atoms with Gasteiger partial charge in [-0.15, -0.1) is 0 Å². The third-order valence-electron chi connectivity index (χ3n) is 4.23. The lowest BCUT2D eigenvalue weighted by atomic mass is 10.0. The summed E-state index contributed by atoms with van der Waals surface area (Å²) < 4.78 is 14.4. The zero-order chi connectivity index (χ0) is 18.3. The number of hydrogen-bond donors (Lipinski definition) is 0. The number of nitrogens with zero attached hydrogens (tertiary/aromatic N) is 5. The normalized spacial score (nSPS) is 16.0. The Bertz CT molecular complexity index is 998. The third-order valence-corrected chi connectivity index (χ3v) is 4.45. The Labute approximate surface area is 153 Å². The molecule has 1 aliphatic heterocycles. The molecule has 0 saturated carbocycles. The number of amides is 1. The molecule has 3 aromatic rings. The van der Waals surface area contributed by atoms with E-state index in [0.29, 0.717) is 29.5 Å². The van der Waals surface area contributed by atoms with E-state index in [1.54, 1.807) is 30.6 Å². The summed E-state index contributed by atoms with van der Waals surface area (Å²) in [7, 11) is 0. The number of fused-ring (bicyclic) bond motifs is 1. The van der Waals surface area contributed by atoms with E-state index in [1.165, 1.54) is 11.1 Å². The van der Waals surface area contributed by atoms with Crippen molar-refractivity contribution in [1.29, 1.82) is 0 Å². The van der Waals surface area contributed by atoms with E-state index in [4.69, 9.17) is 11.6 Å². The number of anilines is 1. The number of rotatable bonds is 3. The molecular formula is C18H13ClFN5O. The average molecular weight is 370 g/mol. The summed E-state index contributed by atoms with van der Waals surface area (Å²) in [5.41, 5.74) is 0.607. The van der Waals surface area contributed by atoms with Crippen LogP contribution in [0.4, 0.5) is 10.2 Å². The summed E-state index contributed by atoms with van der Waals surface area (Å²) >= 11 is 5.99. The molecule has 8 heteroatoms. The minimum atomic E-state index is -0.626. The van der Waals surface area contributed by atoms with Gasteiger partial charge < -0.3 is 0 Å². The number of halogens is 2. The van der Waals surface area contributed by atoms with E-state index in [2.05, 4.69) is 19.9 Å². The number of carbonyl (C=O) groups is 1. The summed E-state index contributed by atoms with van der Waals surface area (Å²) in [5, 5.41) is 0.260. The monoisotopic (exact) mass is 369 g/mol. The minimum absolute atomic E-state index is 0.0392. The number of carbonyl (C=O) groups excluding carboxylic acids is 1. The van der Waals surface area contributed by atoms with Crippen LogP contribution in [0.2, 0.25) is 5.02 Å². The Morgan fingerprint density at radius 1 is 1.15 bits per heavy atom. The van der Waals surface area contributed by atoms with Crippen LogP contribution >= 0.6 is 11.6 Å². The molecule has 26 heavy (non-hydrogen) atoms. The van der Waals surface area contributed by atoms with Gasteiger partial charge in [0.15, 0.2) is 11.6 Å². The third kappa shape index (κ3) is 2.61. The van der Waals surface area contributed by atoms with Gasteiger partial charge in [-0.3, -0.25) is 9.69 Å². The Morgan fingerprint density at radius 3 is 2.62 bits per heavy atom. The summed E-state index contributed by atoms with van der Waals surface area (Å²) in [6.07, 6.45) is 5.28. The van der Waals surface area contributed by atoms with Gasteiger partial charge in [-0.1, -0.05) is 18.5 Å². The second kappa shape index (κ2) is 6.42. The van der Waals surface area contributed by atoms with Crippen molar-refractivity contribution in [1.82, 2.24) is 19.9 Å². The fourth-order valence-electron chi connectivity index (χ4n) is 3.15. The van der Waals surface area contributed by atoms with Crippen molar-refractivity contribution >= 4 is 23.3 Å². The van der Waals surface area contributed by atoms with E-state index in [9.17, 15) is 9.18 Å². The molecular weight excluding hydrogens is 357 g/mol.